The van der Waals surface area contributed by atoms with Crippen molar-refractivity contribution >= 4 is 27.6 Å². The summed E-state index contributed by atoms with van der Waals surface area (Å²) < 4.78 is 57.8. The van der Waals surface area contributed by atoms with E-state index in [1.165, 1.54) is 30.3 Å². The first-order valence-corrected chi connectivity index (χ1v) is 15.4. The van der Waals surface area contributed by atoms with Gasteiger partial charge in [0.2, 0.25) is 5.88 Å². The Morgan fingerprint density at radius 1 is 1.02 bits per heavy atom. The number of halogens is 2. The minimum absolute atomic E-state index is 0.0710. The molecule has 0 amide bonds. The van der Waals surface area contributed by atoms with Crippen LogP contribution in [0, 0.1) is 23.0 Å². The van der Waals surface area contributed by atoms with Gasteiger partial charge < -0.3 is 14.4 Å². The zero-order chi connectivity index (χ0) is 31.0. The molecule has 0 aliphatic carbocycles. The van der Waals surface area contributed by atoms with Gasteiger partial charge in [0.05, 0.1) is 39.2 Å². The number of carboxylic acids is 1. The Labute approximate surface area is 252 Å². The maximum Gasteiger partial charge on any atom is 0.335 e. The number of carbonyl (C=O) groups is 1. The summed E-state index contributed by atoms with van der Waals surface area (Å²) in [4.78, 5) is 20.7. The van der Waals surface area contributed by atoms with Crippen molar-refractivity contribution in [3.8, 4) is 23.2 Å². The summed E-state index contributed by atoms with van der Waals surface area (Å²) in [7, 11) is -2.74. The van der Waals surface area contributed by atoms with Crippen LogP contribution in [0.15, 0.2) is 72.8 Å². The summed E-state index contributed by atoms with van der Waals surface area (Å²) in [5.74, 6) is -1.15. The molecule has 3 heterocycles. The maximum atomic E-state index is 15.5. The second-order valence-corrected chi connectivity index (χ2v) is 13.0. The molecule has 3 aromatic carbocycles. The highest BCUT2D eigenvalue weighted by atomic mass is 32.3. The van der Waals surface area contributed by atoms with E-state index >= 15 is 4.39 Å². The maximum absolute atomic E-state index is 15.5. The number of ether oxygens (including phenoxy) is 1. The van der Waals surface area contributed by atoms with Crippen LogP contribution in [0.1, 0.15) is 39.3 Å². The topological polar surface area (TPSA) is 141 Å². The molecule has 1 fully saturated rings. The third-order valence-corrected chi connectivity index (χ3v) is 10.0. The molecule has 5 aromatic rings. The van der Waals surface area contributed by atoms with Crippen LogP contribution < -0.4 is 4.74 Å². The third kappa shape index (κ3) is 5.85. The second-order valence-electron chi connectivity index (χ2n) is 10.5. The van der Waals surface area contributed by atoms with Gasteiger partial charge in [-0.1, -0.05) is 24.3 Å². The van der Waals surface area contributed by atoms with Crippen molar-refractivity contribution in [3.05, 3.63) is 113 Å². The number of benzene rings is 3. The van der Waals surface area contributed by atoms with Crippen LogP contribution in [0.5, 0.6) is 5.88 Å². The third-order valence-electron chi connectivity index (χ3n) is 7.71. The van der Waals surface area contributed by atoms with Gasteiger partial charge in [-0.3, -0.25) is 9.11 Å². The minimum Gasteiger partial charge on any atom is -0.478 e. The number of carboxylic acid groups (broad SMARTS) is 1. The molecule has 3 N–H and O–H groups in total. The number of nitriles is 1. The molecule has 9 nitrogen and oxygen atoms in total. The summed E-state index contributed by atoms with van der Waals surface area (Å²) in [6.45, 7) is 0.117. The molecule has 1 atom stereocenters. The summed E-state index contributed by atoms with van der Waals surface area (Å²) in [6.07, 6.45) is 0.698. The predicted molar refractivity (Wildman–Crippen MR) is 161 cm³/mol. The number of rotatable bonds is 9. The van der Waals surface area contributed by atoms with Gasteiger partial charge in [-0.25, -0.2) is 23.5 Å². The molecule has 0 saturated carbocycles. The summed E-state index contributed by atoms with van der Waals surface area (Å²) in [6, 6.07) is 20.2. The van der Waals surface area contributed by atoms with Gasteiger partial charge >= 0.3 is 5.97 Å². The number of hydrogen-bond donors (Lipinski definition) is 3. The molecule has 0 radical (unpaired) electrons. The Hall–Kier alpha value is -4.83. The average molecular weight is 617 g/mol. The first-order chi connectivity index (χ1) is 21.1. The average Bonchev–Trinajstić information content (AvgIpc) is 3.35. The van der Waals surface area contributed by atoms with E-state index in [-0.39, 0.29) is 42.1 Å². The lowest BCUT2D eigenvalue weighted by Crippen LogP contribution is -2.36. The largest absolute Gasteiger partial charge is 0.478 e. The van der Waals surface area contributed by atoms with E-state index in [2.05, 4.69) is 9.97 Å². The molecule has 6 rings (SSSR count). The fourth-order valence-electron chi connectivity index (χ4n) is 5.12. The van der Waals surface area contributed by atoms with Crippen molar-refractivity contribution in [2.75, 3.05) is 5.75 Å². The lowest BCUT2D eigenvalue weighted by atomic mass is 10.1. The van der Waals surface area contributed by atoms with Crippen molar-refractivity contribution in [2.45, 2.75) is 31.2 Å². The molecule has 224 valence electrons. The van der Waals surface area contributed by atoms with E-state index in [0.717, 1.165) is 6.07 Å². The Morgan fingerprint density at radius 3 is 2.50 bits per heavy atom. The van der Waals surface area contributed by atoms with Crippen molar-refractivity contribution in [2.24, 2.45) is 0 Å². The molecule has 0 spiro atoms. The van der Waals surface area contributed by atoms with E-state index in [1.54, 1.807) is 41.0 Å². The van der Waals surface area contributed by atoms with Crippen molar-refractivity contribution < 1.29 is 32.5 Å². The smallest absolute Gasteiger partial charge is 0.335 e. The number of fused-ring (bicyclic) bond motifs is 1. The minimum atomic E-state index is -2.74. The normalized spacial score (nSPS) is 16.2. The Bertz CT molecular complexity index is 1960. The van der Waals surface area contributed by atoms with Crippen LogP contribution in [-0.2, 0) is 19.6 Å². The second kappa shape index (κ2) is 11.7. The standard InChI is InChI=1S/C32H26F2N4O5S/c33-25-12-19(16-35)4-5-23(25)18-43-31-3-1-2-27(37-31)21-7-6-20(26(34)13-21)15-30-36-28-9-8-22(32(39)40)14-29(28)38(30)17-24-10-11-44(24,41)42/h1-9,12-14,24,41-42H,10-11,15,17-18H2,(H,39,40). The Morgan fingerprint density at radius 2 is 1.82 bits per heavy atom. The zero-order valence-electron chi connectivity index (χ0n) is 23.2. The zero-order valence-corrected chi connectivity index (χ0v) is 24.0. The van der Waals surface area contributed by atoms with Gasteiger partial charge in [0.25, 0.3) is 0 Å². The van der Waals surface area contributed by atoms with E-state index < -0.39 is 33.4 Å². The molecular formula is C32H26F2N4O5S. The first kappa shape index (κ1) is 29.3. The molecule has 1 aliphatic heterocycles. The monoisotopic (exact) mass is 616 g/mol. The van der Waals surface area contributed by atoms with Gasteiger partial charge in [-0.05, 0) is 54.4 Å². The van der Waals surface area contributed by atoms with Gasteiger partial charge in [0.15, 0.2) is 0 Å². The number of aromatic nitrogens is 3. The van der Waals surface area contributed by atoms with Crippen LogP contribution in [-0.4, -0.2) is 45.7 Å². The Kier molecular flexibility index (Phi) is 7.77. The SMILES string of the molecule is N#Cc1ccc(COc2cccc(-c3ccc(Cc4nc5ccc(C(=O)O)cc5n4CC4CCS4(O)O)c(F)c3)n2)c(F)c1. The van der Waals surface area contributed by atoms with Crippen LogP contribution in [0.25, 0.3) is 22.3 Å². The van der Waals surface area contributed by atoms with Crippen LogP contribution >= 0.6 is 10.6 Å². The number of hydrogen-bond acceptors (Lipinski definition) is 7. The molecule has 44 heavy (non-hydrogen) atoms. The molecule has 1 unspecified atom stereocenters. The predicted octanol–water partition coefficient (Wildman–Crippen LogP) is 6.64. The summed E-state index contributed by atoms with van der Waals surface area (Å²) in [5, 5.41) is 18.0. The number of pyridine rings is 1. The number of aromatic carboxylic acids is 1. The van der Waals surface area contributed by atoms with Gasteiger partial charge in [-0.2, -0.15) is 15.9 Å². The molecule has 12 heteroatoms. The lowest BCUT2D eigenvalue weighted by molar-refractivity contribution is 0.0697. The number of nitrogens with zero attached hydrogens (tertiary/aromatic N) is 4. The summed E-state index contributed by atoms with van der Waals surface area (Å²) >= 11 is 0. The molecule has 1 aliphatic rings. The molecule has 0 bridgehead atoms. The van der Waals surface area contributed by atoms with Crippen LogP contribution in [0.4, 0.5) is 8.78 Å². The van der Waals surface area contributed by atoms with Gasteiger partial charge in [-0.15, -0.1) is 0 Å². The number of imidazole rings is 1. The molecule has 1 saturated heterocycles. The molecule has 2 aromatic heterocycles. The lowest BCUT2D eigenvalue weighted by Gasteiger charge is -2.49. The van der Waals surface area contributed by atoms with Crippen molar-refractivity contribution in [1.29, 1.82) is 5.26 Å². The van der Waals surface area contributed by atoms with Crippen molar-refractivity contribution in [3.63, 3.8) is 0 Å². The van der Waals surface area contributed by atoms with Crippen molar-refractivity contribution in [1.82, 2.24) is 14.5 Å². The van der Waals surface area contributed by atoms with E-state index in [0.29, 0.717) is 45.9 Å². The van der Waals surface area contributed by atoms with E-state index in [9.17, 15) is 23.4 Å². The highest BCUT2D eigenvalue weighted by Crippen LogP contribution is 2.56. The van der Waals surface area contributed by atoms with Crippen LogP contribution in [0.2, 0.25) is 0 Å². The first-order valence-electron chi connectivity index (χ1n) is 13.7. The highest BCUT2D eigenvalue weighted by Gasteiger charge is 2.36. The summed E-state index contributed by atoms with van der Waals surface area (Å²) in [5.41, 5.74) is 2.87. The fourth-order valence-corrected chi connectivity index (χ4v) is 6.49. The highest BCUT2D eigenvalue weighted by molar-refractivity contribution is 8.25. The van der Waals surface area contributed by atoms with E-state index in [4.69, 9.17) is 10.00 Å². The Balaban J connectivity index is 1.24. The fraction of sp³-hybridized carbons (Fsp3) is 0.188. The quantitative estimate of drug-likeness (QED) is 0.167. The van der Waals surface area contributed by atoms with E-state index in [1.807, 2.05) is 6.07 Å². The van der Waals surface area contributed by atoms with Gasteiger partial charge in [0, 0.05) is 35.9 Å². The van der Waals surface area contributed by atoms with Crippen LogP contribution in [0.3, 0.4) is 0 Å². The van der Waals surface area contributed by atoms with Gasteiger partial charge in [0.1, 0.15) is 24.1 Å². The molecular weight excluding hydrogens is 590 g/mol.